The number of methoxy groups -OCH3 is 1. The molecule has 2 unspecified atom stereocenters. The Hall–Kier alpha value is -3.21. The van der Waals surface area contributed by atoms with Gasteiger partial charge in [0.25, 0.3) is 0 Å². The Morgan fingerprint density at radius 3 is 2.59 bits per heavy atom. The van der Waals surface area contributed by atoms with E-state index in [1.165, 1.54) is 11.1 Å². The molecule has 1 heterocycles. The molecule has 1 aliphatic rings. The van der Waals surface area contributed by atoms with Gasteiger partial charge in [-0.15, -0.1) is 0 Å². The van der Waals surface area contributed by atoms with Crippen LogP contribution in [-0.2, 0) is 17.6 Å². The third-order valence-corrected chi connectivity index (χ3v) is 5.57. The fraction of sp³-hybridized carbons (Fsp3) is 0.292. The standard InChI is InChI=1S/C24H24N2O3/c1-15-3-5-16(6-4-15)7-9-19-11-18(14-25-26-19)17-8-10-23(29-2)21(12-17)20-13-22(20)24(27)28/h3-6,8,10-12,14,20,22H,7,9,13H2,1-2H3,(H,27,28). The van der Waals surface area contributed by atoms with E-state index < -0.39 is 5.97 Å². The molecule has 1 saturated carbocycles. The van der Waals surface area contributed by atoms with Crippen molar-refractivity contribution in [2.75, 3.05) is 7.11 Å². The highest BCUT2D eigenvalue weighted by Gasteiger charge is 2.45. The summed E-state index contributed by atoms with van der Waals surface area (Å²) < 4.78 is 5.46. The predicted molar refractivity (Wildman–Crippen MR) is 111 cm³/mol. The Kier molecular flexibility index (Phi) is 5.30. The van der Waals surface area contributed by atoms with Crippen LogP contribution in [0.1, 0.15) is 34.7 Å². The molecule has 2 atom stereocenters. The Bertz CT molecular complexity index is 1030. The number of aromatic nitrogens is 2. The number of hydrogen-bond donors (Lipinski definition) is 1. The molecule has 0 amide bonds. The summed E-state index contributed by atoms with van der Waals surface area (Å²) in [6, 6.07) is 16.5. The van der Waals surface area contributed by atoms with Crippen molar-refractivity contribution in [3.05, 3.63) is 77.1 Å². The highest BCUT2D eigenvalue weighted by atomic mass is 16.5. The number of carboxylic acid groups (broad SMARTS) is 1. The van der Waals surface area contributed by atoms with Gasteiger partial charge in [-0.1, -0.05) is 35.9 Å². The van der Waals surface area contributed by atoms with E-state index in [1.54, 1.807) is 13.3 Å². The van der Waals surface area contributed by atoms with Crippen molar-refractivity contribution < 1.29 is 14.6 Å². The van der Waals surface area contributed by atoms with E-state index in [1.807, 2.05) is 18.2 Å². The first-order chi connectivity index (χ1) is 14.0. The predicted octanol–water partition coefficient (Wildman–Crippen LogP) is 4.43. The largest absolute Gasteiger partial charge is 0.496 e. The first-order valence-electron chi connectivity index (χ1n) is 9.83. The molecule has 29 heavy (non-hydrogen) atoms. The van der Waals surface area contributed by atoms with E-state index >= 15 is 0 Å². The monoisotopic (exact) mass is 388 g/mol. The van der Waals surface area contributed by atoms with Crippen LogP contribution in [0, 0.1) is 12.8 Å². The zero-order valence-corrected chi connectivity index (χ0v) is 16.6. The summed E-state index contributed by atoms with van der Waals surface area (Å²) in [7, 11) is 1.62. The summed E-state index contributed by atoms with van der Waals surface area (Å²) in [5.74, 6) is -0.312. The number of carboxylic acids is 1. The molecule has 5 heteroatoms. The van der Waals surface area contributed by atoms with Crippen molar-refractivity contribution >= 4 is 5.97 Å². The normalized spacial score (nSPS) is 17.7. The van der Waals surface area contributed by atoms with Crippen LogP contribution in [0.15, 0.2) is 54.7 Å². The minimum atomic E-state index is -0.744. The molecule has 0 radical (unpaired) electrons. The van der Waals surface area contributed by atoms with Gasteiger partial charge in [-0.3, -0.25) is 4.79 Å². The minimum Gasteiger partial charge on any atom is -0.496 e. The second kappa shape index (κ2) is 8.03. The molecule has 0 spiro atoms. The lowest BCUT2D eigenvalue weighted by molar-refractivity contribution is -0.138. The molecule has 1 aliphatic carbocycles. The summed E-state index contributed by atoms with van der Waals surface area (Å²) >= 11 is 0. The number of aryl methyl sites for hydroxylation is 3. The van der Waals surface area contributed by atoms with Gasteiger partial charge >= 0.3 is 5.97 Å². The summed E-state index contributed by atoms with van der Waals surface area (Å²) in [6.45, 7) is 2.09. The number of carbonyl (C=O) groups is 1. The Labute approximate surface area is 170 Å². The molecule has 3 aromatic rings. The van der Waals surface area contributed by atoms with Crippen LogP contribution in [0.5, 0.6) is 5.75 Å². The van der Waals surface area contributed by atoms with Crippen molar-refractivity contribution in [2.24, 2.45) is 5.92 Å². The Morgan fingerprint density at radius 2 is 1.90 bits per heavy atom. The zero-order valence-electron chi connectivity index (χ0n) is 16.6. The fourth-order valence-electron chi connectivity index (χ4n) is 3.73. The number of benzene rings is 2. The number of ether oxygens (including phenoxy) is 1. The van der Waals surface area contributed by atoms with E-state index in [0.717, 1.165) is 41.0 Å². The lowest BCUT2D eigenvalue weighted by atomic mass is 9.99. The first-order valence-corrected chi connectivity index (χ1v) is 9.83. The van der Waals surface area contributed by atoms with Gasteiger partial charge in [0, 0.05) is 11.5 Å². The van der Waals surface area contributed by atoms with Crippen LogP contribution < -0.4 is 4.74 Å². The maximum Gasteiger partial charge on any atom is 0.307 e. The molecule has 5 nitrogen and oxygen atoms in total. The molecule has 0 bridgehead atoms. The van der Waals surface area contributed by atoms with E-state index in [4.69, 9.17) is 4.74 Å². The zero-order chi connectivity index (χ0) is 20.4. The molecule has 0 aliphatic heterocycles. The smallest absolute Gasteiger partial charge is 0.307 e. The molecule has 1 N–H and O–H groups in total. The molecular formula is C24H24N2O3. The maximum absolute atomic E-state index is 11.3. The molecule has 1 aromatic heterocycles. The highest BCUT2D eigenvalue weighted by molar-refractivity contribution is 5.76. The van der Waals surface area contributed by atoms with E-state index in [0.29, 0.717) is 6.42 Å². The summed E-state index contributed by atoms with van der Waals surface area (Å²) in [5, 5.41) is 17.8. The van der Waals surface area contributed by atoms with Gasteiger partial charge in [0.1, 0.15) is 5.75 Å². The second-order valence-corrected chi connectivity index (χ2v) is 7.66. The maximum atomic E-state index is 11.3. The molecular weight excluding hydrogens is 364 g/mol. The quantitative estimate of drug-likeness (QED) is 0.648. The molecule has 0 saturated heterocycles. The van der Waals surface area contributed by atoms with Crippen LogP contribution in [-0.4, -0.2) is 28.4 Å². The van der Waals surface area contributed by atoms with Crippen molar-refractivity contribution in [2.45, 2.75) is 32.1 Å². The van der Waals surface area contributed by atoms with Crippen molar-refractivity contribution in [1.82, 2.24) is 10.2 Å². The summed E-state index contributed by atoms with van der Waals surface area (Å²) in [6.07, 6.45) is 4.14. The SMILES string of the molecule is COc1ccc(-c2cnnc(CCc3ccc(C)cc3)c2)cc1C1CC1C(=O)O. The van der Waals surface area contributed by atoms with Crippen LogP contribution in [0.4, 0.5) is 0 Å². The van der Waals surface area contributed by atoms with E-state index in [2.05, 4.69) is 47.5 Å². The third kappa shape index (κ3) is 4.29. The van der Waals surface area contributed by atoms with Gasteiger partial charge in [-0.25, -0.2) is 0 Å². The van der Waals surface area contributed by atoms with E-state index in [9.17, 15) is 9.90 Å². The van der Waals surface area contributed by atoms with Crippen molar-refractivity contribution in [1.29, 1.82) is 0 Å². The molecule has 4 rings (SSSR count). The van der Waals surface area contributed by atoms with Crippen LogP contribution in [0.25, 0.3) is 11.1 Å². The third-order valence-electron chi connectivity index (χ3n) is 5.57. The molecule has 2 aromatic carbocycles. The van der Waals surface area contributed by atoms with Gasteiger partial charge in [0.15, 0.2) is 0 Å². The van der Waals surface area contributed by atoms with Crippen LogP contribution in [0.3, 0.4) is 0 Å². The fourth-order valence-corrected chi connectivity index (χ4v) is 3.73. The van der Waals surface area contributed by atoms with Crippen LogP contribution in [0.2, 0.25) is 0 Å². The second-order valence-electron chi connectivity index (χ2n) is 7.66. The van der Waals surface area contributed by atoms with E-state index in [-0.39, 0.29) is 11.8 Å². The number of nitrogens with zero attached hydrogens (tertiary/aromatic N) is 2. The lowest BCUT2D eigenvalue weighted by Crippen LogP contribution is -2.01. The molecule has 148 valence electrons. The number of aliphatic carboxylic acids is 1. The Balaban J connectivity index is 1.54. The topological polar surface area (TPSA) is 72.3 Å². The van der Waals surface area contributed by atoms with Gasteiger partial charge in [0.2, 0.25) is 0 Å². The lowest BCUT2D eigenvalue weighted by Gasteiger charge is -2.11. The summed E-state index contributed by atoms with van der Waals surface area (Å²) in [4.78, 5) is 11.3. The highest BCUT2D eigenvalue weighted by Crippen LogP contribution is 2.51. The Morgan fingerprint density at radius 1 is 1.10 bits per heavy atom. The van der Waals surface area contributed by atoms with Crippen molar-refractivity contribution in [3.63, 3.8) is 0 Å². The van der Waals surface area contributed by atoms with Crippen LogP contribution >= 0.6 is 0 Å². The number of rotatable bonds is 7. The van der Waals surface area contributed by atoms with Gasteiger partial charge in [-0.05, 0) is 61.1 Å². The number of hydrogen-bond acceptors (Lipinski definition) is 4. The van der Waals surface area contributed by atoms with Crippen molar-refractivity contribution in [3.8, 4) is 16.9 Å². The first kappa shape index (κ1) is 19.1. The minimum absolute atomic E-state index is 0.0122. The van der Waals surface area contributed by atoms with Gasteiger partial charge in [0.05, 0.1) is 24.9 Å². The average molecular weight is 388 g/mol. The van der Waals surface area contributed by atoms with Gasteiger partial charge < -0.3 is 9.84 Å². The summed E-state index contributed by atoms with van der Waals surface area (Å²) in [5.41, 5.74) is 6.42. The average Bonchev–Trinajstić information content (AvgIpc) is 3.54. The molecule has 1 fully saturated rings. The van der Waals surface area contributed by atoms with Gasteiger partial charge in [-0.2, -0.15) is 10.2 Å².